The number of carbonyl (C=O) groups excluding carboxylic acids is 1. The van der Waals surface area contributed by atoms with Crippen LogP contribution in [0.3, 0.4) is 0 Å². The fraction of sp³-hybridized carbons (Fsp3) is 0.474. The Labute approximate surface area is 138 Å². The number of hydrogen-bond acceptors (Lipinski definition) is 3. The van der Waals surface area contributed by atoms with Gasteiger partial charge in [-0.3, -0.25) is 4.79 Å². The monoisotopic (exact) mass is 314 g/mol. The van der Waals surface area contributed by atoms with E-state index >= 15 is 0 Å². The van der Waals surface area contributed by atoms with E-state index in [4.69, 9.17) is 4.42 Å². The van der Waals surface area contributed by atoms with Crippen LogP contribution in [0.15, 0.2) is 34.9 Å². The number of unbranched alkanes of at least 4 members (excludes halogenated alkanes) is 3. The van der Waals surface area contributed by atoms with Crippen molar-refractivity contribution in [2.24, 2.45) is 0 Å². The summed E-state index contributed by atoms with van der Waals surface area (Å²) in [4.78, 5) is 16.0. The fourth-order valence-electron chi connectivity index (χ4n) is 2.37. The third kappa shape index (κ3) is 5.89. The van der Waals surface area contributed by atoms with Crippen LogP contribution in [0.25, 0.3) is 11.3 Å². The summed E-state index contributed by atoms with van der Waals surface area (Å²) in [7, 11) is 0. The number of nitrogens with zero attached hydrogens (tertiary/aromatic N) is 1. The van der Waals surface area contributed by atoms with Crippen LogP contribution in [0.1, 0.15) is 50.5 Å². The van der Waals surface area contributed by atoms with Crippen LogP contribution in [0, 0.1) is 6.92 Å². The first-order chi connectivity index (χ1) is 11.2. The Kier molecular flexibility index (Phi) is 6.85. The highest BCUT2D eigenvalue weighted by molar-refractivity contribution is 5.75. The maximum atomic E-state index is 11.8. The van der Waals surface area contributed by atoms with Crippen LogP contribution in [-0.4, -0.2) is 17.4 Å². The maximum absolute atomic E-state index is 11.8. The van der Waals surface area contributed by atoms with Crippen molar-refractivity contribution in [3.05, 3.63) is 41.9 Å². The molecule has 4 heteroatoms. The molecule has 1 heterocycles. The Morgan fingerprint density at radius 1 is 1.17 bits per heavy atom. The van der Waals surface area contributed by atoms with Gasteiger partial charge >= 0.3 is 0 Å². The zero-order valence-electron chi connectivity index (χ0n) is 14.1. The van der Waals surface area contributed by atoms with E-state index in [0.29, 0.717) is 18.7 Å². The highest BCUT2D eigenvalue weighted by Crippen LogP contribution is 2.21. The van der Waals surface area contributed by atoms with Crippen molar-refractivity contribution in [3.8, 4) is 11.3 Å². The van der Waals surface area contributed by atoms with Gasteiger partial charge in [-0.05, 0) is 13.3 Å². The first-order valence-corrected chi connectivity index (χ1v) is 8.47. The Morgan fingerprint density at radius 3 is 2.70 bits per heavy atom. The molecule has 23 heavy (non-hydrogen) atoms. The third-order valence-electron chi connectivity index (χ3n) is 3.81. The van der Waals surface area contributed by atoms with Gasteiger partial charge < -0.3 is 9.73 Å². The number of rotatable bonds is 9. The zero-order valence-corrected chi connectivity index (χ0v) is 14.1. The van der Waals surface area contributed by atoms with Crippen molar-refractivity contribution in [2.75, 3.05) is 6.54 Å². The van der Waals surface area contributed by atoms with Gasteiger partial charge in [0, 0.05) is 24.9 Å². The smallest absolute Gasteiger partial charge is 0.220 e. The minimum absolute atomic E-state index is 0.0663. The van der Waals surface area contributed by atoms with Crippen LogP contribution < -0.4 is 5.32 Å². The highest BCUT2D eigenvalue weighted by Gasteiger charge is 2.08. The van der Waals surface area contributed by atoms with Gasteiger partial charge in [0.1, 0.15) is 0 Å². The summed E-state index contributed by atoms with van der Waals surface area (Å²) in [5.41, 5.74) is 2.22. The molecule has 0 fully saturated rings. The molecule has 0 saturated heterocycles. The third-order valence-corrected chi connectivity index (χ3v) is 3.81. The van der Waals surface area contributed by atoms with E-state index in [9.17, 15) is 4.79 Å². The summed E-state index contributed by atoms with van der Waals surface area (Å²) < 4.78 is 5.73. The van der Waals surface area contributed by atoms with Crippen molar-refractivity contribution in [3.63, 3.8) is 0 Å². The molecule has 124 valence electrons. The number of amides is 1. The molecule has 0 aliphatic rings. The van der Waals surface area contributed by atoms with Crippen molar-refractivity contribution >= 4 is 5.91 Å². The van der Waals surface area contributed by atoms with Gasteiger partial charge in [0.05, 0.1) is 6.20 Å². The molecule has 0 radical (unpaired) electrons. The van der Waals surface area contributed by atoms with Crippen molar-refractivity contribution in [2.45, 2.75) is 52.4 Å². The quantitative estimate of drug-likeness (QED) is 0.703. The Hall–Kier alpha value is -2.10. The SMILES string of the molecule is CCCCCCNC(=O)CCc1ncc(-c2ccc(C)cc2)o1. The molecule has 0 spiro atoms. The summed E-state index contributed by atoms with van der Waals surface area (Å²) in [6, 6.07) is 8.12. The lowest BCUT2D eigenvalue weighted by atomic mass is 10.1. The average molecular weight is 314 g/mol. The molecule has 4 nitrogen and oxygen atoms in total. The van der Waals surface area contributed by atoms with E-state index in [0.717, 1.165) is 24.3 Å². The number of aromatic nitrogens is 1. The zero-order chi connectivity index (χ0) is 16.5. The lowest BCUT2D eigenvalue weighted by Crippen LogP contribution is -2.24. The molecule has 1 aromatic carbocycles. The number of nitrogens with one attached hydrogen (secondary N) is 1. The lowest BCUT2D eigenvalue weighted by Gasteiger charge is -2.03. The van der Waals surface area contributed by atoms with Crippen LogP contribution in [0.2, 0.25) is 0 Å². The summed E-state index contributed by atoms with van der Waals surface area (Å²) in [5, 5.41) is 2.95. The first-order valence-electron chi connectivity index (χ1n) is 8.47. The van der Waals surface area contributed by atoms with E-state index in [-0.39, 0.29) is 5.91 Å². The van der Waals surface area contributed by atoms with Crippen molar-refractivity contribution in [1.82, 2.24) is 10.3 Å². The number of benzene rings is 1. The minimum Gasteiger partial charge on any atom is -0.441 e. The summed E-state index contributed by atoms with van der Waals surface area (Å²) >= 11 is 0. The summed E-state index contributed by atoms with van der Waals surface area (Å²) in [6.07, 6.45) is 7.35. The topological polar surface area (TPSA) is 55.1 Å². The Bertz CT molecular complexity index is 602. The van der Waals surface area contributed by atoms with E-state index in [1.54, 1.807) is 6.20 Å². The van der Waals surface area contributed by atoms with Gasteiger partial charge in [0.15, 0.2) is 11.7 Å². The Morgan fingerprint density at radius 2 is 1.96 bits per heavy atom. The molecule has 0 bridgehead atoms. The second-order valence-corrected chi connectivity index (χ2v) is 5.89. The lowest BCUT2D eigenvalue weighted by molar-refractivity contribution is -0.121. The first kappa shape index (κ1) is 17.3. The van der Waals surface area contributed by atoms with E-state index in [2.05, 4.69) is 24.1 Å². The average Bonchev–Trinajstić information content (AvgIpc) is 3.02. The highest BCUT2D eigenvalue weighted by atomic mass is 16.4. The van der Waals surface area contributed by atoms with Gasteiger partial charge in [-0.25, -0.2) is 4.98 Å². The van der Waals surface area contributed by atoms with E-state index < -0.39 is 0 Å². The molecule has 2 aromatic rings. The predicted molar refractivity (Wildman–Crippen MR) is 92.1 cm³/mol. The molecule has 2 rings (SSSR count). The molecule has 0 aliphatic carbocycles. The molecule has 0 aliphatic heterocycles. The molecule has 0 saturated carbocycles. The van der Waals surface area contributed by atoms with Crippen LogP contribution in [0.5, 0.6) is 0 Å². The van der Waals surface area contributed by atoms with Gasteiger partial charge in [0.2, 0.25) is 5.91 Å². The van der Waals surface area contributed by atoms with E-state index in [1.807, 2.05) is 24.3 Å². The van der Waals surface area contributed by atoms with Gasteiger partial charge in [-0.15, -0.1) is 0 Å². The maximum Gasteiger partial charge on any atom is 0.220 e. The predicted octanol–water partition coefficient (Wildman–Crippen LogP) is 4.28. The Balaban J connectivity index is 1.74. The molecule has 0 unspecified atom stereocenters. The molecular formula is C19H26N2O2. The largest absolute Gasteiger partial charge is 0.441 e. The van der Waals surface area contributed by atoms with Crippen LogP contribution >= 0.6 is 0 Å². The van der Waals surface area contributed by atoms with E-state index in [1.165, 1.54) is 24.8 Å². The standard InChI is InChI=1S/C19H26N2O2/c1-3-4-5-6-13-20-18(22)11-12-19-21-14-17(23-19)16-9-7-15(2)8-10-16/h7-10,14H,3-6,11-13H2,1-2H3,(H,20,22). The molecule has 1 N–H and O–H groups in total. The molecule has 1 aromatic heterocycles. The number of aryl methyl sites for hydroxylation is 2. The number of carbonyl (C=O) groups is 1. The van der Waals surface area contributed by atoms with Gasteiger partial charge in [0.25, 0.3) is 0 Å². The van der Waals surface area contributed by atoms with Crippen molar-refractivity contribution < 1.29 is 9.21 Å². The molecule has 0 atom stereocenters. The van der Waals surface area contributed by atoms with Crippen LogP contribution in [-0.2, 0) is 11.2 Å². The second kappa shape index (κ2) is 9.13. The van der Waals surface area contributed by atoms with Crippen molar-refractivity contribution in [1.29, 1.82) is 0 Å². The van der Waals surface area contributed by atoms with Crippen LogP contribution in [0.4, 0.5) is 0 Å². The number of oxazole rings is 1. The second-order valence-electron chi connectivity index (χ2n) is 5.89. The fourth-order valence-corrected chi connectivity index (χ4v) is 2.37. The van der Waals surface area contributed by atoms with Gasteiger partial charge in [-0.1, -0.05) is 56.0 Å². The molecular weight excluding hydrogens is 288 g/mol. The molecule has 1 amide bonds. The normalized spacial score (nSPS) is 10.7. The number of hydrogen-bond donors (Lipinski definition) is 1. The minimum atomic E-state index is 0.0663. The summed E-state index contributed by atoms with van der Waals surface area (Å²) in [5.74, 6) is 1.43. The van der Waals surface area contributed by atoms with Gasteiger partial charge in [-0.2, -0.15) is 0 Å². The summed E-state index contributed by atoms with van der Waals surface area (Å²) in [6.45, 7) is 5.00.